The van der Waals surface area contributed by atoms with Crippen molar-refractivity contribution in [3.63, 3.8) is 0 Å². The molecule has 0 bridgehead atoms. The molecular weight excluding hydrogens is 386 g/mol. The third-order valence-electron chi connectivity index (χ3n) is 9.75. The molecule has 1 nitrogen and oxygen atoms in total. The largest absolute Gasteiger partial charge is 0.310 e. The topological polar surface area (TPSA) is 3.24 Å². The summed E-state index contributed by atoms with van der Waals surface area (Å²) < 4.78 is 0. The fraction of sp³-hybridized carbons (Fsp3) is 0.419. The van der Waals surface area contributed by atoms with Crippen molar-refractivity contribution in [2.45, 2.75) is 72.1 Å². The van der Waals surface area contributed by atoms with Crippen LogP contribution in [0.2, 0.25) is 0 Å². The maximum atomic E-state index is 2.50. The Labute approximate surface area is 194 Å². The van der Waals surface area contributed by atoms with Gasteiger partial charge in [0.15, 0.2) is 0 Å². The number of benzene rings is 3. The molecule has 166 valence electrons. The van der Waals surface area contributed by atoms with E-state index in [9.17, 15) is 0 Å². The zero-order chi connectivity index (χ0) is 23.1. The van der Waals surface area contributed by atoms with Crippen molar-refractivity contribution in [3.05, 3.63) is 89.5 Å². The second kappa shape index (κ2) is 6.50. The van der Waals surface area contributed by atoms with Gasteiger partial charge in [0.1, 0.15) is 0 Å². The lowest BCUT2D eigenvalue weighted by atomic mass is 9.54. The number of anilines is 3. The Hall–Kier alpha value is -2.54. The van der Waals surface area contributed by atoms with Crippen molar-refractivity contribution >= 4 is 17.1 Å². The molecule has 32 heavy (non-hydrogen) atoms. The molecule has 1 heteroatoms. The lowest BCUT2D eigenvalue weighted by molar-refractivity contribution is 0.0633. The number of hydrogen-bond acceptors (Lipinski definition) is 1. The fourth-order valence-electron chi connectivity index (χ4n) is 6.75. The van der Waals surface area contributed by atoms with Gasteiger partial charge in [-0.15, -0.1) is 0 Å². The van der Waals surface area contributed by atoms with Crippen molar-refractivity contribution in [1.29, 1.82) is 0 Å². The van der Waals surface area contributed by atoms with Gasteiger partial charge >= 0.3 is 0 Å². The van der Waals surface area contributed by atoms with Gasteiger partial charge in [-0.1, -0.05) is 91.8 Å². The lowest BCUT2D eigenvalue weighted by Crippen LogP contribution is -2.44. The van der Waals surface area contributed by atoms with Crippen LogP contribution in [-0.2, 0) is 10.8 Å². The molecule has 0 N–H and O–H groups in total. The van der Waals surface area contributed by atoms with E-state index < -0.39 is 0 Å². The highest BCUT2D eigenvalue weighted by atomic mass is 15.1. The van der Waals surface area contributed by atoms with E-state index in [4.69, 9.17) is 0 Å². The Kier molecular flexibility index (Phi) is 4.33. The van der Waals surface area contributed by atoms with Crippen LogP contribution in [0.25, 0.3) is 0 Å². The Balaban J connectivity index is 1.83. The summed E-state index contributed by atoms with van der Waals surface area (Å²) in [4.78, 5) is 2.43. The minimum atomic E-state index is 0.102. The van der Waals surface area contributed by atoms with Crippen molar-refractivity contribution in [2.75, 3.05) is 4.90 Å². The van der Waals surface area contributed by atoms with Crippen molar-refractivity contribution in [2.24, 2.45) is 10.8 Å². The van der Waals surface area contributed by atoms with Crippen LogP contribution in [0.4, 0.5) is 17.1 Å². The van der Waals surface area contributed by atoms with Crippen molar-refractivity contribution in [1.82, 2.24) is 0 Å². The average Bonchev–Trinajstić information content (AvgIpc) is 3.01. The van der Waals surface area contributed by atoms with E-state index in [1.54, 1.807) is 5.56 Å². The molecule has 3 aromatic carbocycles. The molecule has 5 rings (SSSR count). The summed E-state index contributed by atoms with van der Waals surface area (Å²) in [5, 5.41) is 0. The maximum absolute atomic E-state index is 2.50. The monoisotopic (exact) mass is 423 g/mol. The smallest absolute Gasteiger partial charge is 0.0467 e. The van der Waals surface area contributed by atoms with Crippen LogP contribution in [0, 0.1) is 10.8 Å². The summed E-state index contributed by atoms with van der Waals surface area (Å²) in [7, 11) is 0. The van der Waals surface area contributed by atoms with Gasteiger partial charge in [-0.25, -0.2) is 0 Å². The van der Waals surface area contributed by atoms with Gasteiger partial charge in [-0.05, 0) is 80.7 Å². The van der Waals surface area contributed by atoms with E-state index in [-0.39, 0.29) is 21.7 Å². The maximum Gasteiger partial charge on any atom is 0.0467 e. The van der Waals surface area contributed by atoms with Gasteiger partial charge in [0.05, 0.1) is 0 Å². The molecule has 0 aromatic heterocycles. The highest BCUT2D eigenvalue weighted by Gasteiger charge is 2.65. The van der Waals surface area contributed by atoms with Crippen LogP contribution in [0.5, 0.6) is 0 Å². The van der Waals surface area contributed by atoms with Crippen LogP contribution < -0.4 is 4.90 Å². The molecule has 0 radical (unpaired) electrons. The third-order valence-corrected chi connectivity index (χ3v) is 9.75. The van der Waals surface area contributed by atoms with Crippen LogP contribution in [0.15, 0.2) is 72.8 Å². The zero-order valence-corrected chi connectivity index (χ0v) is 21.0. The zero-order valence-electron chi connectivity index (χ0n) is 21.0. The predicted molar refractivity (Wildman–Crippen MR) is 137 cm³/mol. The molecule has 3 aromatic rings. The molecule has 0 saturated heterocycles. The standard InChI is InChI=1S/C31H37N/c1-28(2)24-19-23(32(21-15-11-9-12-16-21)22-17-13-10-14-18-22)20-25-26(24)27(30(28,5)6)31(7,8)29(25,3)4/h9-20,27H,1-8H3. The van der Waals surface area contributed by atoms with Crippen molar-refractivity contribution in [3.8, 4) is 0 Å². The van der Waals surface area contributed by atoms with E-state index in [1.165, 1.54) is 28.2 Å². The number of para-hydroxylation sites is 2. The first-order valence-corrected chi connectivity index (χ1v) is 12.0. The first kappa shape index (κ1) is 21.3. The predicted octanol–water partition coefficient (Wildman–Crippen LogP) is 8.87. The second-order valence-corrected chi connectivity index (χ2v) is 12.1. The van der Waals surface area contributed by atoms with Crippen molar-refractivity contribution < 1.29 is 0 Å². The molecule has 0 amide bonds. The van der Waals surface area contributed by atoms with Gasteiger partial charge < -0.3 is 4.90 Å². The summed E-state index contributed by atoms with van der Waals surface area (Å²) >= 11 is 0. The Bertz CT molecular complexity index is 1080. The molecule has 0 fully saturated rings. The van der Waals surface area contributed by atoms with E-state index in [0.717, 1.165) is 0 Å². The van der Waals surface area contributed by atoms with Gasteiger partial charge in [0, 0.05) is 17.1 Å². The van der Waals surface area contributed by atoms with Gasteiger partial charge in [-0.2, -0.15) is 0 Å². The van der Waals surface area contributed by atoms with E-state index in [0.29, 0.717) is 5.92 Å². The molecule has 0 aliphatic heterocycles. The van der Waals surface area contributed by atoms with Crippen LogP contribution >= 0.6 is 0 Å². The summed E-state index contributed by atoms with van der Waals surface area (Å²) in [5.41, 5.74) is 8.95. The van der Waals surface area contributed by atoms with Crippen LogP contribution in [-0.4, -0.2) is 0 Å². The normalized spacial score (nSPS) is 21.4. The van der Waals surface area contributed by atoms with E-state index >= 15 is 0 Å². The van der Waals surface area contributed by atoms with Gasteiger partial charge in [-0.3, -0.25) is 0 Å². The minimum absolute atomic E-state index is 0.102. The SMILES string of the molecule is CC1(C)c2cc(N(c3ccccc3)c3ccccc3)cc3c2C(C1(C)C)C(C)(C)C3(C)C. The summed E-state index contributed by atoms with van der Waals surface area (Å²) in [6.45, 7) is 19.8. The molecule has 0 atom stereocenters. The minimum Gasteiger partial charge on any atom is -0.310 e. The first-order valence-electron chi connectivity index (χ1n) is 12.0. The molecule has 0 unspecified atom stereocenters. The first-order chi connectivity index (χ1) is 14.9. The number of nitrogens with zero attached hydrogens (tertiary/aromatic N) is 1. The van der Waals surface area contributed by atoms with E-state index in [1.807, 2.05) is 0 Å². The number of hydrogen-bond donors (Lipinski definition) is 0. The molecule has 0 heterocycles. The van der Waals surface area contributed by atoms with Crippen LogP contribution in [0.1, 0.15) is 78.0 Å². The van der Waals surface area contributed by atoms with E-state index in [2.05, 4.69) is 133 Å². The van der Waals surface area contributed by atoms with Gasteiger partial charge in [0.2, 0.25) is 0 Å². The summed E-state index contributed by atoms with van der Waals surface area (Å²) in [5.74, 6) is 0.556. The summed E-state index contributed by atoms with van der Waals surface area (Å²) in [6, 6.07) is 26.6. The molecular formula is C31H37N. The number of rotatable bonds is 3. The molecule has 2 aliphatic carbocycles. The Morgan fingerprint density at radius 1 is 0.531 bits per heavy atom. The molecule has 0 saturated carbocycles. The molecule has 2 aliphatic rings. The second-order valence-electron chi connectivity index (χ2n) is 12.1. The van der Waals surface area contributed by atoms with Gasteiger partial charge in [0.25, 0.3) is 0 Å². The highest BCUT2D eigenvalue weighted by Crippen LogP contribution is 2.73. The summed E-state index contributed by atoms with van der Waals surface area (Å²) in [6.07, 6.45) is 0. The lowest BCUT2D eigenvalue weighted by Gasteiger charge is -2.49. The third kappa shape index (κ3) is 2.51. The molecule has 0 spiro atoms. The Morgan fingerprint density at radius 2 is 0.906 bits per heavy atom. The fourth-order valence-corrected chi connectivity index (χ4v) is 6.75. The highest BCUT2D eigenvalue weighted by molar-refractivity contribution is 5.79. The van der Waals surface area contributed by atoms with Crippen LogP contribution in [0.3, 0.4) is 0 Å². The Morgan fingerprint density at radius 3 is 1.28 bits per heavy atom. The quantitative estimate of drug-likeness (QED) is 0.406. The average molecular weight is 424 g/mol.